The zero-order valence-corrected chi connectivity index (χ0v) is 28.0. The molecule has 3 N–H and O–H groups in total. The molecule has 48 heavy (non-hydrogen) atoms. The molecule has 4 aliphatic rings. The monoisotopic (exact) mass is 656 g/mol. The molecule has 5 heterocycles. The molecule has 4 aliphatic heterocycles. The number of aromatic nitrogens is 2. The number of piperidine rings is 2. The van der Waals surface area contributed by atoms with Crippen LogP contribution in [0.4, 0.5) is 15.3 Å². The molecule has 12 nitrogen and oxygen atoms in total. The van der Waals surface area contributed by atoms with Gasteiger partial charge in [0.25, 0.3) is 5.91 Å². The van der Waals surface area contributed by atoms with Crippen LogP contribution in [-0.4, -0.2) is 125 Å². The first-order valence-electron chi connectivity index (χ1n) is 17.7. The van der Waals surface area contributed by atoms with Gasteiger partial charge in [0.1, 0.15) is 0 Å². The van der Waals surface area contributed by atoms with Gasteiger partial charge in [0.05, 0.1) is 11.7 Å². The van der Waals surface area contributed by atoms with Gasteiger partial charge in [0.2, 0.25) is 0 Å². The third-order valence-corrected chi connectivity index (χ3v) is 10.7. The second-order valence-corrected chi connectivity index (χ2v) is 13.8. The van der Waals surface area contributed by atoms with E-state index in [1.54, 1.807) is 11.1 Å². The fraction of sp³-hybridized carbons (Fsp3) is 0.556. The Kier molecular flexibility index (Phi) is 9.81. The molecule has 3 saturated heterocycles. The fourth-order valence-electron chi connectivity index (χ4n) is 8.02. The molecule has 3 fully saturated rings. The van der Waals surface area contributed by atoms with Gasteiger partial charge < -0.3 is 30.1 Å². The summed E-state index contributed by atoms with van der Waals surface area (Å²) in [6.07, 6.45) is 5.97. The summed E-state index contributed by atoms with van der Waals surface area (Å²) in [7, 11) is 0. The summed E-state index contributed by atoms with van der Waals surface area (Å²) in [5.74, 6) is -0.129. The highest BCUT2D eigenvalue weighted by molar-refractivity contribution is 5.91. The molecule has 0 saturated carbocycles. The summed E-state index contributed by atoms with van der Waals surface area (Å²) in [6, 6.07) is 12.5. The maximum Gasteiger partial charge on any atom is 0.410 e. The van der Waals surface area contributed by atoms with Crippen molar-refractivity contribution in [2.24, 2.45) is 0 Å². The van der Waals surface area contributed by atoms with Crippen molar-refractivity contribution in [3.63, 3.8) is 0 Å². The number of nitrogens with zero attached hydrogens (tertiary/aromatic N) is 5. The number of fused-ring (bicyclic) bond motifs is 2. The number of carbonyl (C=O) groups is 3. The Morgan fingerprint density at radius 1 is 0.938 bits per heavy atom. The van der Waals surface area contributed by atoms with Crippen molar-refractivity contribution in [2.45, 2.75) is 70.1 Å². The van der Waals surface area contributed by atoms with E-state index < -0.39 is 12.2 Å². The number of hydrogen-bond donors (Lipinski definition) is 3. The number of benzene rings is 2. The standard InChI is InChI=1S/C36H48N8O4/c1-25-21-26(22-28-24-38-40-33(25)28)23-32(34(45)42-15-4-14-41(19-20-42)29-7-12-37-13-8-29)48-36(47)43-16-10-30(11-17-43)44-18-9-27-5-2-3-6-31(27)39-35(44)46/h2-3,5-6,21-22,24,29-30,32,37H,4,7-20,23H2,1H3,(H,38,40)(H,39,46)/t32-/m1/s1. The summed E-state index contributed by atoms with van der Waals surface area (Å²) in [4.78, 5) is 49.1. The lowest BCUT2D eigenvalue weighted by Crippen LogP contribution is -2.51. The molecule has 4 amide bonds. The van der Waals surface area contributed by atoms with Crippen LogP contribution >= 0.6 is 0 Å². The molecule has 2 aromatic carbocycles. The summed E-state index contributed by atoms with van der Waals surface area (Å²) >= 11 is 0. The zero-order chi connectivity index (χ0) is 33.0. The molecule has 0 aliphatic carbocycles. The summed E-state index contributed by atoms with van der Waals surface area (Å²) in [5.41, 5.74) is 4.94. The molecular weight excluding hydrogens is 608 g/mol. The third kappa shape index (κ3) is 7.14. The van der Waals surface area contributed by atoms with E-state index in [4.69, 9.17) is 4.74 Å². The molecule has 0 spiro atoms. The van der Waals surface area contributed by atoms with Crippen molar-refractivity contribution in [3.05, 3.63) is 59.3 Å². The number of urea groups is 1. The number of rotatable bonds is 6. The van der Waals surface area contributed by atoms with Gasteiger partial charge in [-0.15, -0.1) is 0 Å². The van der Waals surface area contributed by atoms with Crippen LogP contribution in [0.3, 0.4) is 0 Å². The van der Waals surface area contributed by atoms with Crippen molar-refractivity contribution in [2.75, 3.05) is 64.2 Å². The maximum atomic E-state index is 14.2. The number of H-pyrrole nitrogens is 1. The Hall–Kier alpha value is -4.16. The van der Waals surface area contributed by atoms with Crippen molar-refractivity contribution >= 4 is 34.6 Å². The molecule has 0 bridgehead atoms. The van der Waals surface area contributed by atoms with Crippen molar-refractivity contribution in [1.29, 1.82) is 0 Å². The minimum atomic E-state index is -0.931. The summed E-state index contributed by atoms with van der Waals surface area (Å²) < 4.78 is 6.15. The fourth-order valence-corrected chi connectivity index (χ4v) is 8.02. The van der Waals surface area contributed by atoms with Gasteiger partial charge in [-0.2, -0.15) is 5.10 Å². The largest absolute Gasteiger partial charge is 0.436 e. The van der Waals surface area contributed by atoms with Crippen LogP contribution < -0.4 is 10.6 Å². The second-order valence-electron chi connectivity index (χ2n) is 13.8. The number of para-hydroxylation sites is 1. The first-order chi connectivity index (χ1) is 23.4. The number of likely N-dealkylation sites (tertiary alicyclic amines) is 1. The normalized spacial score (nSPS) is 20.9. The molecular formula is C36H48N8O4. The minimum Gasteiger partial charge on any atom is -0.436 e. The van der Waals surface area contributed by atoms with E-state index in [-0.39, 0.29) is 18.0 Å². The number of carbonyl (C=O) groups excluding carboxylic acids is 3. The molecule has 0 unspecified atom stereocenters. The lowest BCUT2D eigenvalue weighted by atomic mass is 10.0. The zero-order valence-electron chi connectivity index (χ0n) is 28.0. The minimum absolute atomic E-state index is 0.0328. The number of nitrogens with one attached hydrogen (secondary N) is 3. The highest BCUT2D eigenvalue weighted by Crippen LogP contribution is 2.26. The van der Waals surface area contributed by atoms with Crippen LogP contribution in [0.25, 0.3) is 10.9 Å². The number of hydrogen-bond acceptors (Lipinski definition) is 7. The van der Waals surface area contributed by atoms with E-state index in [2.05, 4.69) is 31.8 Å². The number of amides is 4. The van der Waals surface area contributed by atoms with Gasteiger partial charge in [-0.25, -0.2) is 9.59 Å². The van der Waals surface area contributed by atoms with Crippen molar-refractivity contribution in [3.8, 4) is 0 Å². The van der Waals surface area contributed by atoms with Crippen LogP contribution in [-0.2, 0) is 22.4 Å². The van der Waals surface area contributed by atoms with E-state index in [9.17, 15) is 14.4 Å². The SMILES string of the molecule is Cc1cc(C[C@@H](OC(=O)N2CCC(N3CCc4ccccc4NC3=O)CC2)C(=O)N2CCCN(C3CCNCC3)CC2)cc2cn[nH]c12. The maximum absolute atomic E-state index is 14.2. The Balaban J connectivity index is 1.01. The number of aromatic amines is 1. The summed E-state index contributed by atoms with van der Waals surface area (Å²) in [5, 5.41) is 14.7. The van der Waals surface area contributed by atoms with Crippen LogP contribution in [0, 0.1) is 6.92 Å². The van der Waals surface area contributed by atoms with Gasteiger partial charge in [-0.1, -0.05) is 24.3 Å². The lowest BCUT2D eigenvalue weighted by molar-refractivity contribution is -0.140. The predicted octanol–water partition coefficient (Wildman–Crippen LogP) is 3.76. The van der Waals surface area contributed by atoms with Crippen LogP contribution in [0.5, 0.6) is 0 Å². The molecule has 1 aromatic heterocycles. The first kappa shape index (κ1) is 32.4. The van der Waals surface area contributed by atoms with E-state index in [1.807, 2.05) is 47.1 Å². The van der Waals surface area contributed by atoms with E-state index in [1.165, 1.54) is 0 Å². The average molecular weight is 657 g/mol. The first-order valence-corrected chi connectivity index (χ1v) is 17.7. The van der Waals surface area contributed by atoms with Gasteiger partial charge in [0.15, 0.2) is 6.10 Å². The Morgan fingerprint density at radius 3 is 2.58 bits per heavy atom. The van der Waals surface area contributed by atoms with Gasteiger partial charge in [0, 0.05) is 75.4 Å². The highest BCUT2D eigenvalue weighted by atomic mass is 16.6. The van der Waals surface area contributed by atoms with Crippen LogP contribution in [0.1, 0.15) is 48.8 Å². The molecule has 12 heteroatoms. The number of aryl methyl sites for hydroxylation is 1. The molecule has 256 valence electrons. The van der Waals surface area contributed by atoms with Crippen LogP contribution in [0.2, 0.25) is 0 Å². The second kappa shape index (κ2) is 14.5. The predicted molar refractivity (Wildman–Crippen MR) is 184 cm³/mol. The Bertz CT molecular complexity index is 1610. The quantitative estimate of drug-likeness (QED) is 0.369. The Labute approximate surface area is 282 Å². The van der Waals surface area contributed by atoms with Gasteiger partial charge in [-0.3, -0.25) is 14.8 Å². The lowest BCUT2D eigenvalue weighted by Gasteiger charge is -2.38. The van der Waals surface area contributed by atoms with Gasteiger partial charge in [-0.05, 0) is 87.4 Å². The van der Waals surface area contributed by atoms with Crippen molar-refractivity contribution < 1.29 is 19.1 Å². The smallest absolute Gasteiger partial charge is 0.410 e. The van der Waals surface area contributed by atoms with E-state index >= 15 is 0 Å². The highest BCUT2D eigenvalue weighted by Gasteiger charge is 2.35. The number of ether oxygens (including phenoxy) is 1. The Morgan fingerprint density at radius 2 is 1.75 bits per heavy atom. The molecule has 3 aromatic rings. The van der Waals surface area contributed by atoms with E-state index in [0.29, 0.717) is 58.0 Å². The summed E-state index contributed by atoms with van der Waals surface area (Å²) in [6.45, 7) is 8.77. The average Bonchev–Trinajstić information content (AvgIpc) is 3.35. The molecule has 7 rings (SSSR count). The topological polar surface area (TPSA) is 126 Å². The van der Waals surface area contributed by atoms with Crippen molar-refractivity contribution in [1.82, 2.24) is 35.1 Å². The third-order valence-electron chi connectivity index (χ3n) is 10.7. The van der Waals surface area contributed by atoms with Gasteiger partial charge >= 0.3 is 12.1 Å². The number of anilines is 1. The molecule has 0 radical (unpaired) electrons. The molecule has 1 atom stereocenters. The van der Waals surface area contributed by atoms with Crippen LogP contribution in [0.15, 0.2) is 42.6 Å². The van der Waals surface area contributed by atoms with E-state index in [0.717, 1.165) is 85.1 Å².